The van der Waals surface area contributed by atoms with Crippen molar-refractivity contribution in [2.45, 2.75) is 45.2 Å². The minimum atomic E-state index is -0.290. The second-order valence-electron chi connectivity index (χ2n) is 7.41. The molecule has 2 atom stereocenters. The first-order valence-electron chi connectivity index (χ1n) is 9.37. The number of rotatable bonds is 5. The molecule has 25 heavy (non-hydrogen) atoms. The van der Waals surface area contributed by atoms with E-state index in [2.05, 4.69) is 24.4 Å². The molecule has 2 aliphatic rings. The highest BCUT2D eigenvalue weighted by atomic mass is 16.2. The summed E-state index contributed by atoms with van der Waals surface area (Å²) in [5.74, 6) is 0.756. The van der Waals surface area contributed by atoms with E-state index in [9.17, 15) is 9.59 Å². The molecule has 2 aliphatic heterocycles. The molecule has 0 aromatic heterocycles. The van der Waals surface area contributed by atoms with E-state index >= 15 is 0 Å². The van der Waals surface area contributed by atoms with Crippen molar-refractivity contribution in [3.05, 3.63) is 35.4 Å². The Morgan fingerprint density at radius 2 is 2.00 bits per heavy atom. The van der Waals surface area contributed by atoms with E-state index < -0.39 is 0 Å². The number of nitrogens with zero attached hydrogens (tertiary/aromatic N) is 2. The van der Waals surface area contributed by atoms with Crippen molar-refractivity contribution in [3.8, 4) is 0 Å². The van der Waals surface area contributed by atoms with Crippen LogP contribution in [-0.4, -0.2) is 54.3 Å². The van der Waals surface area contributed by atoms with E-state index in [1.54, 1.807) is 4.90 Å². The molecule has 3 rings (SSSR count). The van der Waals surface area contributed by atoms with Crippen LogP contribution in [0.4, 0.5) is 0 Å². The molecule has 2 saturated heterocycles. The molecule has 0 aliphatic carbocycles. The summed E-state index contributed by atoms with van der Waals surface area (Å²) >= 11 is 0. The van der Waals surface area contributed by atoms with Crippen LogP contribution in [0.1, 0.15) is 36.8 Å². The number of hydrogen-bond donors (Lipinski definition) is 1. The SMILES string of the molecule is CNCC1CCCN(C(=O)C2CCC(=O)N2Cc2ccc(C)cc2)C1. The quantitative estimate of drug-likeness (QED) is 0.889. The Morgan fingerprint density at radius 1 is 1.24 bits per heavy atom. The molecule has 1 N–H and O–H groups in total. The first kappa shape index (κ1) is 17.9. The summed E-state index contributed by atoms with van der Waals surface area (Å²) < 4.78 is 0. The highest BCUT2D eigenvalue weighted by Crippen LogP contribution is 2.25. The van der Waals surface area contributed by atoms with Crippen molar-refractivity contribution >= 4 is 11.8 Å². The maximum atomic E-state index is 13.1. The average Bonchev–Trinajstić information content (AvgIpc) is 2.97. The van der Waals surface area contributed by atoms with Gasteiger partial charge in [-0.25, -0.2) is 0 Å². The van der Waals surface area contributed by atoms with E-state index in [0.717, 1.165) is 31.6 Å². The topological polar surface area (TPSA) is 52.7 Å². The molecule has 5 nitrogen and oxygen atoms in total. The highest BCUT2D eigenvalue weighted by molar-refractivity contribution is 5.91. The van der Waals surface area contributed by atoms with Crippen molar-refractivity contribution in [1.82, 2.24) is 15.1 Å². The van der Waals surface area contributed by atoms with E-state index in [1.165, 1.54) is 12.0 Å². The molecule has 0 spiro atoms. The second-order valence-corrected chi connectivity index (χ2v) is 7.41. The zero-order valence-electron chi connectivity index (χ0n) is 15.3. The van der Waals surface area contributed by atoms with Crippen molar-refractivity contribution in [2.24, 2.45) is 5.92 Å². The Kier molecular flexibility index (Phi) is 5.74. The van der Waals surface area contributed by atoms with E-state index in [-0.39, 0.29) is 17.9 Å². The van der Waals surface area contributed by atoms with Crippen LogP contribution in [0.3, 0.4) is 0 Å². The van der Waals surface area contributed by atoms with Crippen LogP contribution in [0.5, 0.6) is 0 Å². The van der Waals surface area contributed by atoms with E-state index in [0.29, 0.717) is 25.3 Å². The largest absolute Gasteiger partial charge is 0.341 e. The summed E-state index contributed by atoms with van der Waals surface area (Å²) in [7, 11) is 1.96. The Balaban J connectivity index is 1.67. The third-order valence-corrected chi connectivity index (χ3v) is 5.41. The Bertz CT molecular complexity index is 612. The molecule has 2 amide bonds. The normalized spacial score (nSPS) is 24.0. The molecule has 0 bridgehead atoms. The number of piperidine rings is 1. The lowest BCUT2D eigenvalue weighted by Crippen LogP contribution is -2.50. The van der Waals surface area contributed by atoms with Crippen molar-refractivity contribution < 1.29 is 9.59 Å². The lowest BCUT2D eigenvalue weighted by molar-refractivity contribution is -0.143. The van der Waals surface area contributed by atoms with Crippen LogP contribution in [0.15, 0.2) is 24.3 Å². The molecule has 1 aromatic carbocycles. The number of aryl methyl sites for hydroxylation is 1. The van der Waals surface area contributed by atoms with Crippen LogP contribution >= 0.6 is 0 Å². The fraction of sp³-hybridized carbons (Fsp3) is 0.600. The summed E-state index contributed by atoms with van der Waals surface area (Å²) in [4.78, 5) is 29.2. The van der Waals surface area contributed by atoms with Gasteiger partial charge in [-0.1, -0.05) is 29.8 Å². The third-order valence-electron chi connectivity index (χ3n) is 5.41. The van der Waals surface area contributed by atoms with Crippen LogP contribution in [-0.2, 0) is 16.1 Å². The lowest BCUT2D eigenvalue weighted by Gasteiger charge is -2.36. The highest BCUT2D eigenvalue weighted by Gasteiger charge is 2.39. The molecule has 136 valence electrons. The summed E-state index contributed by atoms with van der Waals surface area (Å²) in [6.45, 7) is 5.16. The number of hydrogen-bond acceptors (Lipinski definition) is 3. The van der Waals surface area contributed by atoms with Gasteiger partial charge in [0.25, 0.3) is 0 Å². The Labute approximate surface area is 150 Å². The lowest BCUT2D eigenvalue weighted by atomic mass is 9.97. The molecule has 2 heterocycles. The van der Waals surface area contributed by atoms with Crippen LogP contribution in [0, 0.1) is 12.8 Å². The van der Waals surface area contributed by atoms with E-state index in [4.69, 9.17) is 0 Å². The van der Waals surface area contributed by atoms with Gasteiger partial charge in [0.05, 0.1) is 0 Å². The zero-order chi connectivity index (χ0) is 17.8. The predicted molar refractivity (Wildman–Crippen MR) is 98.0 cm³/mol. The zero-order valence-corrected chi connectivity index (χ0v) is 15.3. The van der Waals surface area contributed by atoms with Crippen molar-refractivity contribution in [1.29, 1.82) is 0 Å². The standard InChI is InChI=1S/C20H29N3O2/c1-15-5-7-16(8-6-15)14-23-18(9-10-19(23)24)20(25)22-11-3-4-17(13-22)12-21-2/h5-8,17-18,21H,3-4,9-14H2,1-2H3. The monoisotopic (exact) mass is 343 g/mol. The van der Waals surface area contributed by atoms with Gasteiger partial charge in [0.1, 0.15) is 6.04 Å². The van der Waals surface area contributed by atoms with Gasteiger partial charge in [-0.15, -0.1) is 0 Å². The van der Waals surface area contributed by atoms with Gasteiger partial charge in [-0.05, 0) is 51.3 Å². The summed E-state index contributed by atoms with van der Waals surface area (Å²) in [5.41, 5.74) is 2.29. The molecule has 2 unspecified atom stereocenters. The van der Waals surface area contributed by atoms with Gasteiger partial charge in [-0.3, -0.25) is 9.59 Å². The first-order valence-corrected chi connectivity index (χ1v) is 9.37. The van der Waals surface area contributed by atoms with Crippen LogP contribution in [0.25, 0.3) is 0 Å². The van der Waals surface area contributed by atoms with Gasteiger partial charge < -0.3 is 15.1 Å². The van der Waals surface area contributed by atoms with Crippen molar-refractivity contribution in [2.75, 3.05) is 26.7 Å². The maximum absolute atomic E-state index is 13.1. The summed E-state index contributed by atoms with van der Waals surface area (Å²) in [6.07, 6.45) is 3.35. The van der Waals surface area contributed by atoms with Gasteiger partial charge in [0.2, 0.25) is 11.8 Å². The van der Waals surface area contributed by atoms with Crippen LogP contribution < -0.4 is 5.32 Å². The Morgan fingerprint density at radius 3 is 2.72 bits per heavy atom. The number of carbonyl (C=O) groups excluding carboxylic acids is 2. The minimum absolute atomic E-state index is 0.0997. The van der Waals surface area contributed by atoms with Crippen LogP contribution in [0.2, 0.25) is 0 Å². The number of carbonyl (C=O) groups is 2. The molecule has 0 saturated carbocycles. The second kappa shape index (κ2) is 8.00. The van der Waals surface area contributed by atoms with Gasteiger partial charge in [0, 0.05) is 26.1 Å². The third kappa shape index (κ3) is 4.21. The summed E-state index contributed by atoms with van der Waals surface area (Å²) in [6, 6.07) is 7.92. The smallest absolute Gasteiger partial charge is 0.245 e. The summed E-state index contributed by atoms with van der Waals surface area (Å²) in [5, 5.41) is 3.22. The molecular weight excluding hydrogens is 314 g/mol. The Hall–Kier alpha value is -1.88. The minimum Gasteiger partial charge on any atom is -0.341 e. The number of likely N-dealkylation sites (tertiary alicyclic amines) is 2. The number of benzene rings is 1. The number of nitrogens with one attached hydrogen (secondary N) is 1. The van der Waals surface area contributed by atoms with E-state index in [1.807, 2.05) is 24.1 Å². The fourth-order valence-corrected chi connectivity index (χ4v) is 4.01. The van der Waals surface area contributed by atoms with Gasteiger partial charge >= 0.3 is 0 Å². The molecule has 0 radical (unpaired) electrons. The average molecular weight is 343 g/mol. The predicted octanol–water partition coefficient (Wildman–Crippen LogP) is 1.94. The molecule has 5 heteroatoms. The maximum Gasteiger partial charge on any atom is 0.245 e. The number of amides is 2. The molecular formula is C20H29N3O2. The van der Waals surface area contributed by atoms with Gasteiger partial charge in [-0.2, -0.15) is 0 Å². The molecule has 1 aromatic rings. The van der Waals surface area contributed by atoms with Crippen molar-refractivity contribution in [3.63, 3.8) is 0 Å². The van der Waals surface area contributed by atoms with Gasteiger partial charge in [0.15, 0.2) is 0 Å². The molecule has 2 fully saturated rings. The first-order chi connectivity index (χ1) is 12.1. The fourth-order valence-electron chi connectivity index (χ4n) is 4.01.